The Labute approximate surface area is 233 Å². The van der Waals surface area contributed by atoms with E-state index in [2.05, 4.69) is 58.9 Å². The molecule has 0 aromatic heterocycles. The van der Waals surface area contributed by atoms with Crippen LogP contribution in [0.4, 0.5) is 0 Å². The number of Topliss-reactive ketones (excluding diaryl/α,β-unsaturated/α-hetero) is 1. The summed E-state index contributed by atoms with van der Waals surface area (Å²) < 4.78 is 6.71. The Kier molecular flexibility index (Phi) is 8.25. The molecular formula is C34H52O2Se. The number of methoxy groups -OCH3 is 1. The predicted octanol–water partition coefficient (Wildman–Crippen LogP) is 8.11. The van der Waals surface area contributed by atoms with Gasteiger partial charge < -0.3 is 0 Å². The van der Waals surface area contributed by atoms with Crippen molar-refractivity contribution in [2.24, 2.45) is 52.3 Å². The normalized spacial score (nSPS) is 40.1. The summed E-state index contributed by atoms with van der Waals surface area (Å²) in [5.41, 5.74) is 0.913. The fourth-order valence-corrected chi connectivity index (χ4v) is 12.7. The second kappa shape index (κ2) is 11.0. The summed E-state index contributed by atoms with van der Waals surface area (Å²) in [5.74, 6) is 7.39. The first-order chi connectivity index (χ1) is 17.7. The van der Waals surface area contributed by atoms with Crippen molar-refractivity contribution in [3.05, 3.63) is 24.3 Å². The zero-order valence-electron chi connectivity index (χ0n) is 24.4. The maximum atomic E-state index is 13.3. The van der Waals surface area contributed by atoms with Gasteiger partial charge in [-0.1, -0.05) is 13.8 Å². The third-order valence-electron chi connectivity index (χ3n) is 12.0. The Hall–Kier alpha value is -0.791. The van der Waals surface area contributed by atoms with Crippen LogP contribution in [0.3, 0.4) is 0 Å². The van der Waals surface area contributed by atoms with E-state index in [-0.39, 0.29) is 19.8 Å². The van der Waals surface area contributed by atoms with Crippen LogP contribution in [0.5, 0.6) is 5.75 Å². The zero-order chi connectivity index (χ0) is 26.4. The first-order valence-electron chi connectivity index (χ1n) is 15.5. The van der Waals surface area contributed by atoms with Gasteiger partial charge in [0.05, 0.1) is 0 Å². The molecule has 0 heterocycles. The van der Waals surface area contributed by atoms with Crippen LogP contribution in [0.15, 0.2) is 24.3 Å². The van der Waals surface area contributed by atoms with E-state index < -0.39 is 0 Å². The van der Waals surface area contributed by atoms with Crippen LogP contribution >= 0.6 is 0 Å². The Morgan fingerprint density at radius 2 is 1.68 bits per heavy atom. The maximum absolute atomic E-state index is 13.3. The number of benzene rings is 1. The summed E-state index contributed by atoms with van der Waals surface area (Å²) in [6.07, 6.45) is 14.7. The molecule has 206 valence electrons. The molecule has 1 aromatic carbocycles. The van der Waals surface area contributed by atoms with Gasteiger partial charge in [-0.15, -0.1) is 0 Å². The molecule has 37 heavy (non-hydrogen) atoms. The van der Waals surface area contributed by atoms with Gasteiger partial charge in [0, 0.05) is 0 Å². The van der Waals surface area contributed by atoms with E-state index in [4.69, 9.17) is 4.74 Å². The second-order valence-electron chi connectivity index (χ2n) is 14.3. The number of carbonyl (C=O) groups excluding carboxylic acids is 1. The van der Waals surface area contributed by atoms with Crippen molar-refractivity contribution in [1.29, 1.82) is 0 Å². The summed E-state index contributed by atoms with van der Waals surface area (Å²) in [6.45, 7) is 12.7. The van der Waals surface area contributed by atoms with Gasteiger partial charge in [-0.2, -0.15) is 0 Å². The third kappa shape index (κ3) is 5.22. The molecule has 1 aromatic rings. The molecule has 0 spiro atoms. The quantitative estimate of drug-likeness (QED) is 0.295. The Balaban J connectivity index is 1.29. The summed E-state index contributed by atoms with van der Waals surface area (Å²) in [5, 5.41) is 0. The van der Waals surface area contributed by atoms with Crippen LogP contribution in [0, 0.1) is 52.3 Å². The Morgan fingerprint density at radius 3 is 2.38 bits per heavy atom. The van der Waals surface area contributed by atoms with Crippen LogP contribution in [0.1, 0.15) is 105 Å². The van der Waals surface area contributed by atoms with Crippen molar-refractivity contribution < 1.29 is 9.53 Å². The first kappa shape index (κ1) is 27.8. The number of rotatable bonds is 8. The molecule has 4 saturated carbocycles. The summed E-state index contributed by atoms with van der Waals surface area (Å²) in [4.78, 5) is 13.6. The standard InChI is InChI=1S/C34H52O2Se/c1-22(2)8-7-9-23(3)28-16-17-29-27-15-10-24-20-31(35)32(37-26-13-11-25(36-6)12-14-26)21-34(24,5)30(27)18-19-33(28,29)4/h11-14,22-24,27-30,32H,7-10,15-21H2,1-6H3/t23?,24-,27?,28+,29?,30?,32+,33+,34-/m0/s1. The average molecular weight is 572 g/mol. The van der Waals surface area contributed by atoms with Crippen LogP contribution in [-0.4, -0.2) is 27.8 Å². The van der Waals surface area contributed by atoms with Crippen molar-refractivity contribution in [3.8, 4) is 5.75 Å². The van der Waals surface area contributed by atoms with Gasteiger partial charge in [-0.3, -0.25) is 0 Å². The SMILES string of the molecule is COc1ccc([Se][C@@H]2C[C@]3(C)C4CC[C@@]5(C)C(CC[C@@H]5C(C)CCCC(C)C)C4CC[C@H]3CC2=O)cc1. The van der Waals surface area contributed by atoms with E-state index in [1.54, 1.807) is 7.11 Å². The van der Waals surface area contributed by atoms with E-state index in [0.717, 1.165) is 54.1 Å². The summed E-state index contributed by atoms with van der Waals surface area (Å²) >= 11 is 0.220. The van der Waals surface area contributed by atoms with Gasteiger partial charge in [0.25, 0.3) is 0 Å². The zero-order valence-corrected chi connectivity index (χ0v) is 26.1. The molecule has 0 aliphatic heterocycles. The fraction of sp³-hybridized carbons (Fsp3) is 0.794. The topological polar surface area (TPSA) is 26.3 Å². The first-order valence-corrected chi connectivity index (χ1v) is 17.3. The molecule has 0 amide bonds. The fourth-order valence-electron chi connectivity index (χ4n) is 10.0. The average Bonchev–Trinajstić information content (AvgIpc) is 3.22. The van der Waals surface area contributed by atoms with Crippen molar-refractivity contribution >= 4 is 25.2 Å². The molecule has 0 radical (unpaired) electrons. The van der Waals surface area contributed by atoms with Gasteiger partial charge in [0.15, 0.2) is 0 Å². The van der Waals surface area contributed by atoms with Crippen LogP contribution in [0.25, 0.3) is 0 Å². The van der Waals surface area contributed by atoms with Crippen LogP contribution in [0.2, 0.25) is 4.82 Å². The molecule has 4 unspecified atom stereocenters. The van der Waals surface area contributed by atoms with Gasteiger partial charge in [-0.25, -0.2) is 0 Å². The van der Waals surface area contributed by atoms with E-state index in [0.29, 0.717) is 22.5 Å². The molecule has 4 fully saturated rings. The molecule has 5 rings (SSSR count). The van der Waals surface area contributed by atoms with Crippen molar-refractivity contribution in [2.45, 2.75) is 110 Å². The van der Waals surface area contributed by atoms with Crippen LogP contribution in [-0.2, 0) is 4.79 Å². The molecule has 0 N–H and O–H groups in total. The predicted molar refractivity (Wildman–Crippen MR) is 156 cm³/mol. The molecule has 4 aliphatic carbocycles. The van der Waals surface area contributed by atoms with E-state index in [1.165, 1.54) is 62.2 Å². The Bertz CT molecular complexity index is 940. The molecule has 9 atom stereocenters. The van der Waals surface area contributed by atoms with Gasteiger partial charge >= 0.3 is 214 Å². The second-order valence-corrected chi connectivity index (χ2v) is 17.0. The summed E-state index contributed by atoms with van der Waals surface area (Å²) in [7, 11) is 1.72. The molecule has 2 nitrogen and oxygen atoms in total. The minimum absolute atomic E-state index is 0.220. The number of hydrogen-bond acceptors (Lipinski definition) is 2. The van der Waals surface area contributed by atoms with Crippen LogP contribution < -0.4 is 9.20 Å². The molecule has 0 saturated heterocycles. The number of ether oxygens (including phenoxy) is 1. The van der Waals surface area contributed by atoms with Gasteiger partial charge in [0.2, 0.25) is 0 Å². The number of hydrogen-bond donors (Lipinski definition) is 0. The molecular weight excluding hydrogens is 519 g/mol. The van der Waals surface area contributed by atoms with Crippen molar-refractivity contribution in [2.75, 3.05) is 7.11 Å². The van der Waals surface area contributed by atoms with Crippen molar-refractivity contribution in [1.82, 2.24) is 0 Å². The number of ketones is 1. The van der Waals surface area contributed by atoms with E-state index >= 15 is 0 Å². The molecule has 3 heteroatoms. The molecule has 4 aliphatic rings. The van der Waals surface area contributed by atoms with E-state index in [1.807, 2.05) is 0 Å². The third-order valence-corrected chi connectivity index (χ3v) is 14.7. The summed E-state index contributed by atoms with van der Waals surface area (Å²) in [6, 6.07) is 8.51. The number of carbonyl (C=O) groups is 1. The van der Waals surface area contributed by atoms with Gasteiger partial charge in [-0.05, 0) is 5.92 Å². The molecule has 0 bridgehead atoms. The monoisotopic (exact) mass is 572 g/mol. The minimum atomic E-state index is 0.220. The van der Waals surface area contributed by atoms with Gasteiger partial charge in [0.1, 0.15) is 0 Å². The van der Waals surface area contributed by atoms with Crippen molar-refractivity contribution in [3.63, 3.8) is 0 Å². The number of fused-ring (bicyclic) bond motifs is 5. The Morgan fingerprint density at radius 1 is 0.946 bits per heavy atom. The van der Waals surface area contributed by atoms with E-state index in [9.17, 15) is 4.79 Å².